The molecule has 0 unspecified atom stereocenters. The third-order valence-corrected chi connectivity index (χ3v) is 4.50. The number of carbonyl (C=O) groups is 1. The molecule has 1 heterocycles. The predicted molar refractivity (Wildman–Crippen MR) is 100 cm³/mol. The summed E-state index contributed by atoms with van der Waals surface area (Å²) in [5, 5.41) is 0.743. The Hall–Kier alpha value is -2.26. The third-order valence-electron chi connectivity index (χ3n) is 4.26. The van der Waals surface area contributed by atoms with Crippen LogP contribution in [0.1, 0.15) is 11.1 Å². The number of rotatable bonds is 3. The van der Waals surface area contributed by atoms with Crippen molar-refractivity contribution in [3.8, 4) is 0 Å². The van der Waals surface area contributed by atoms with E-state index in [1.165, 1.54) is 5.56 Å². The number of aryl methyl sites for hydroxylation is 1. The van der Waals surface area contributed by atoms with Crippen molar-refractivity contribution in [3.63, 3.8) is 0 Å². The molecule has 1 fully saturated rings. The van der Waals surface area contributed by atoms with Crippen LogP contribution in [0.15, 0.2) is 54.6 Å². The summed E-state index contributed by atoms with van der Waals surface area (Å²) < 4.78 is 0. The van der Waals surface area contributed by atoms with E-state index in [-0.39, 0.29) is 5.91 Å². The summed E-state index contributed by atoms with van der Waals surface area (Å²) in [6.07, 6.45) is 3.55. The molecule has 2 aromatic rings. The first kappa shape index (κ1) is 16.6. The van der Waals surface area contributed by atoms with Gasteiger partial charge in [-0.25, -0.2) is 0 Å². The zero-order chi connectivity index (χ0) is 16.9. The maximum atomic E-state index is 12.3. The quantitative estimate of drug-likeness (QED) is 0.788. The van der Waals surface area contributed by atoms with E-state index >= 15 is 0 Å². The Kier molecular flexibility index (Phi) is 5.21. The van der Waals surface area contributed by atoms with E-state index < -0.39 is 0 Å². The number of benzene rings is 2. The highest BCUT2D eigenvalue weighted by atomic mass is 35.5. The van der Waals surface area contributed by atoms with Crippen LogP contribution in [-0.2, 0) is 4.79 Å². The van der Waals surface area contributed by atoms with Crippen molar-refractivity contribution >= 4 is 29.3 Å². The van der Waals surface area contributed by atoms with Gasteiger partial charge in [0.1, 0.15) is 0 Å². The largest absolute Gasteiger partial charge is 0.368 e. The van der Waals surface area contributed by atoms with Gasteiger partial charge >= 0.3 is 0 Å². The minimum absolute atomic E-state index is 0.0707. The summed E-state index contributed by atoms with van der Waals surface area (Å²) in [5.41, 5.74) is 3.38. The number of halogens is 1. The van der Waals surface area contributed by atoms with Gasteiger partial charge in [-0.05, 0) is 36.8 Å². The molecular weight excluding hydrogens is 320 g/mol. The van der Waals surface area contributed by atoms with Crippen LogP contribution in [0.5, 0.6) is 0 Å². The fourth-order valence-electron chi connectivity index (χ4n) is 2.81. The predicted octanol–water partition coefficient (Wildman–Crippen LogP) is 4.01. The lowest BCUT2D eigenvalue weighted by Gasteiger charge is -2.35. The zero-order valence-electron chi connectivity index (χ0n) is 13.8. The van der Waals surface area contributed by atoms with E-state index in [9.17, 15) is 4.79 Å². The Balaban J connectivity index is 1.56. The van der Waals surface area contributed by atoms with Crippen LogP contribution < -0.4 is 4.90 Å². The Labute approximate surface area is 148 Å². The van der Waals surface area contributed by atoms with Crippen molar-refractivity contribution < 1.29 is 4.79 Å². The number of nitrogens with zero attached hydrogens (tertiary/aromatic N) is 2. The van der Waals surface area contributed by atoms with E-state index in [1.807, 2.05) is 53.4 Å². The van der Waals surface area contributed by atoms with Crippen LogP contribution in [0.3, 0.4) is 0 Å². The maximum absolute atomic E-state index is 12.3. The normalized spacial score (nSPS) is 15.1. The molecule has 24 heavy (non-hydrogen) atoms. The number of anilines is 1. The molecule has 0 saturated carbocycles. The monoisotopic (exact) mass is 340 g/mol. The molecule has 3 rings (SSSR count). The van der Waals surface area contributed by atoms with Crippen molar-refractivity contribution in [2.24, 2.45) is 0 Å². The van der Waals surface area contributed by atoms with Crippen LogP contribution in [-0.4, -0.2) is 37.0 Å². The van der Waals surface area contributed by atoms with Gasteiger partial charge in [0.2, 0.25) is 5.91 Å². The van der Waals surface area contributed by atoms with E-state index in [0.717, 1.165) is 42.5 Å². The van der Waals surface area contributed by atoms with Crippen molar-refractivity contribution in [3.05, 3.63) is 70.8 Å². The number of hydrogen-bond donors (Lipinski definition) is 0. The number of piperazine rings is 1. The smallest absolute Gasteiger partial charge is 0.246 e. The highest BCUT2D eigenvalue weighted by molar-refractivity contribution is 6.30. The summed E-state index contributed by atoms with van der Waals surface area (Å²) in [6.45, 7) is 5.15. The van der Waals surface area contributed by atoms with Gasteiger partial charge in [0.05, 0.1) is 0 Å². The van der Waals surface area contributed by atoms with Crippen LogP contribution in [0.25, 0.3) is 6.08 Å². The lowest BCUT2D eigenvalue weighted by molar-refractivity contribution is -0.126. The SMILES string of the molecule is Cc1ccc(C=CC(=O)N2CCN(c3cccc(Cl)c3)CC2)cc1. The highest BCUT2D eigenvalue weighted by Crippen LogP contribution is 2.20. The van der Waals surface area contributed by atoms with Gasteiger partial charge in [-0.1, -0.05) is 47.5 Å². The molecule has 1 aliphatic heterocycles. The van der Waals surface area contributed by atoms with Crippen LogP contribution in [0.2, 0.25) is 5.02 Å². The number of hydrogen-bond acceptors (Lipinski definition) is 2. The second-order valence-electron chi connectivity index (χ2n) is 6.04. The van der Waals surface area contributed by atoms with Crippen molar-refractivity contribution in [2.45, 2.75) is 6.92 Å². The molecule has 124 valence electrons. The lowest BCUT2D eigenvalue weighted by Crippen LogP contribution is -2.48. The molecule has 0 N–H and O–H groups in total. The van der Waals surface area contributed by atoms with Crippen LogP contribution >= 0.6 is 11.6 Å². The molecule has 0 bridgehead atoms. The third kappa shape index (κ3) is 4.18. The summed E-state index contributed by atoms with van der Waals surface area (Å²) in [5.74, 6) is 0.0707. The molecule has 0 aromatic heterocycles. The molecule has 0 aliphatic carbocycles. The van der Waals surface area contributed by atoms with Gasteiger partial charge in [-0.3, -0.25) is 4.79 Å². The molecule has 1 amide bonds. The van der Waals surface area contributed by atoms with Crippen molar-refractivity contribution in [1.29, 1.82) is 0 Å². The van der Waals surface area contributed by atoms with E-state index in [1.54, 1.807) is 6.08 Å². The molecule has 0 spiro atoms. The average molecular weight is 341 g/mol. The molecule has 1 aliphatic rings. The van der Waals surface area contributed by atoms with Gasteiger partial charge in [0.25, 0.3) is 0 Å². The molecule has 0 atom stereocenters. The molecular formula is C20H21ClN2O. The molecule has 2 aromatic carbocycles. The average Bonchev–Trinajstić information content (AvgIpc) is 2.61. The van der Waals surface area contributed by atoms with E-state index in [0.29, 0.717) is 0 Å². The van der Waals surface area contributed by atoms with Crippen LogP contribution in [0.4, 0.5) is 5.69 Å². The minimum atomic E-state index is 0.0707. The van der Waals surface area contributed by atoms with Gasteiger partial charge in [-0.2, -0.15) is 0 Å². The molecule has 1 saturated heterocycles. The molecule has 3 nitrogen and oxygen atoms in total. The first-order valence-electron chi connectivity index (χ1n) is 8.16. The fourth-order valence-corrected chi connectivity index (χ4v) is 2.99. The number of carbonyl (C=O) groups excluding carboxylic acids is 1. The van der Waals surface area contributed by atoms with Crippen LogP contribution in [0, 0.1) is 6.92 Å². The Morgan fingerprint density at radius 3 is 2.42 bits per heavy atom. The number of amides is 1. The molecule has 0 radical (unpaired) electrons. The summed E-state index contributed by atoms with van der Waals surface area (Å²) in [7, 11) is 0. The van der Waals surface area contributed by atoms with Crippen molar-refractivity contribution in [2.75, 3.05) is 31.1 Å². The fraction of sp³-hybridized carbons (Fsp3) is 0.250. The van der Waals surface area contributed by atoms with Gasteiger partial charge in [0.15, 0.2) is 0 Å². The van der Waals surface area contributed by atoms with Gasteiger partial charge in [0, 0.05) is 43.0 Å². The first-order valence-corrected chi connectivity index (χ1v) is 8.54. The van der Waals surface area contributed by atoms with Gasteiger partial charge < -0.3 is 9.80 Å². The standard InChI is InChI=1S/C20H21ClN2O/c1-16-5-7-17(8-6-16)9-10-20(24)23-13-11-22(12-14-23)19-4-2-3-18(21)15-19/h2-10,15H,11-14H2,1H3. The Bertz CT molecular complexity index is 732. The zero-order valence-corrected chi connectivity index (χ0v) is 14.5. The second-order valence-corrected chi connectivity index (χ2v) is 6.47. The van der Waals surface area contributed by atoms with E-state index in [4.69, 9.17) is 11.6 Å². The maximum Gasteiger partial charge on any atom is 0.246 e. The lowest BCUT2D eigenvalue weighted by atomic mass is 10.1. The summed E-state index contributed by atoms with van der Waals surface area (Å²) in [4.78, 5) is 16.5. The van der Waals surface area contributed by atoms with Gasteiger partial charge in [-0.15, -0.1) is 0 Å². The second kappa shape index (κ2) is 7.54. The van der Waals surface area contributed by atoms with E-state index in [2.05, 4.69) is 17.9 Å². The Morgan fingerprint density at radius 1 is 1.04 bits per heavy atom. The molecule has 4 heteroatoms. The minimum Gasteiger partial charge on any atom is -0.368 e. The van der Waals surface area contributed by atoms with Crippen molar-refractivity contribution in [1.82, 2.24) is 4.90 Å². The highest BCUT2D eigenvalue weighted by Gasteiger charge is 2.19. The Morgan fingerprint density at radius 2 is 1.75 bits per heavy atom. The topological polar surface area (TPSA) is 23.6 Å². The summed E-state index contributed by atoms with van der Waals surface area (Å²) in [6, 6.07) is 16.0. The summed E-state index contributed by atoms with van der Waals surface area (Å²) >= 11 is 6.05. The first-order chi connectivity index (χ1) is 11.6.